The van der Waals surface area contributed by atoms with E-state index in [0.717, 1.165) is 24.9 Å². The maximum absolute atomic E-state index is 13.1. The molecule has 1 aromatic carbocycles. The number of hydrogen-bond donors (Lipinski definition) is 1. The lowest BCUT2D eigenvalue weighted by Crippen LogP contribution is -2.42. The number of primary amides is 1. The Kier molecular flexibility index (Phi) is 4.15. The Morgan fingerprint density at radius 3 is 2.82 bits per heavy atom. The molecule has 7 heteroatoms. The molecule has 1 aliphatic rings. The van der Waals surface area contributed by atoms with Crippen molar-refractivity contribution in [1.29, 1.82) is 0 Å². The molecule has 1 aromatic heterocycles. The highest BCUT2D eigenvalue weighted by molar-refractivity contribution is 5.81. The lowest BCUT2D eigenvalue weighted by molar-refractivity contribution is -0.124. The first kappa shape index (κ1) is 14.6. The van der Waals surface area contributed by atoms with Gasteiger partial charge in [0.15, 0.2) is 0 Å². The highest BCUT2D eigenvalue weighted by Crippen LogP contribution is 2.30. The van der Waals surface area contributed by atoms with Crippen LogP contribution in [-0.2, 0) is 11.3 Å². The monoisotopic (exact) mass is 303 g/mol. The van der Waals surface area contributed by atoms with Crippen molar-refractivity contribution in [2.45, 2.75) is 31.5 Å². The summed E-state index contributed by atoms with van der Waals surface area (Å²) in [5, 5.41) is 4.12. The number of aromatic nitrogens is 3. The molecule has 2 N–H and O–H groups in total. The fourth-order valence-electron chi connectivity index (χ4n) is 3.10. The summed E-state index contributed by atoms with van der Waals surface area (Å²) in [6.45, 7) is 1.44. The largest absolute Gasteiger partial charge is 0.368 e. The molecule has 22 heavy (non-hydrogen) atoms. The predicted molar refractivity (Wildman–Crippen MR) is 78.1 cm³/mol. The molecule has 0 saturated carbocycles. The van der Waals surface area contributed by atoms with Gasteiger partial charge >= 0.3 is 0 Å². The molecule has 0 unspecified atom stereocenters. The number of carbonyl (C=O) groups is 1. The fourth-order valence-corrected chi connectivity index (χ4v) is 3.10. The predicted octanol–water partition coefficient (Wildman–Crippen LogP) is 1.11. The normalized spacial score (nSPS) is 20.1. The third-order valence-electron chi connectivity index (χ3n) is 4.07. The molecule has 0 aliphatic carbocycles. The first-order valence-electron chi connectivity index (χ1n) is 7.28. The summed E-state index contributed by atoms with van der Waals surface area (Å²) < 4.78 is 14.9. The zero-order valence-corrected chi connectivity index (χ0v) is 12.1. The third-order valence-corrected chi connectivity index (χ3v) is 4.07. The molecule has 6 nitrogen and oxygen atoms in total. The second-order valence-electron chi connectivity index (χ2n) is 5.51. The molecular weight excluding hydrogens is 285 g/mol. The van der Waals surface area contributed by atoms with Crippen molar-refractivity contribution >= 4 is 5.91 Å². The van der Waals surface area contributed by atoms with Gasteiger partial charge in [-0.1, -0.05) is 12.1 Å². The van der Waals surface area contributed by atoms with E-state index in [-0.39, 0.29) is 11.9 Å². The Hall–Kier alpha value is -2.28. The molecule has 2 atom stereocenters. The molecule has 0 bridgehead atoms. The molecule has 1 fully saturated rings. The van der Waals surface area contributed by atoms with Crippen LogP contribution < -0.4 is 5.73 Å². The number of halogens is 1. The van der Waals surface area contributed by atoms with E-state index in [1.54, 1.807) is 23.1 Å². The average Bonchev–Trinajstić information content (AvgIpc) is 3.14. The van der Waals surface area contributed by atoms with Crippen molar-refractivity contribution in [2.24, 2.45) is 5.73 Å². The van der Waals surface area contributed by atoms with Gasteiger partial charge < -0.3 is 5.73 Å². The molecule has 1 saturated heterocycles. The first-order chi connectivity index (χ1) is 10.6. The maximum Gasteiger partial charge on any atom is 0.239 e. The summed E-state index contributed by atoms with van der Waals surface area (Å²) in [5.74, 6) is -0.746. The van der Waals surface area contributed by atoms with Gasteiger partial charge in [-0.15, -0.1) is 0 Å². The molecule has 2 heterocycles. The lowest BCUT2D eigenvalue weighted by Gasteiger charge is -2.31. The van der Waals surface area contributed by atoms with Crippen LogP contribution in [0.25, 0.3) is 0 Å². The standard InChI is InChI=1S/C15H18FN5O/c16-12-5-3-11(4-6-12)14(15(17)22)21-7-1-2-13(21)8-20-10-18-9-19-20/h3-6,9-10,13-14H,1-2,7-8H2,(H2,17,22)/t13-,14-/m0/s1. The minimum absolute atomic E-state index is 0.157. The minimum Gasteiger partial charge on any atom is -0.368 e. The van der Waals surface area contributed by atoms with Gasteiger partial charge in [0.1, 0.15) is 24.5 Å². The maximum atomic E-state index is 13.1. The number of nitrogens with two attached hydrogens (primary N) is 1. The van der Waals surface area contributed by atoms with Crippen molar-refractivity contribution in [2.75, 3.05) is 6.54 Å². The molecule has 1 aliphatic heterocycles. The summed E-state index contributed by atoms with van der Waals surface area (Å²) in [6.07, 6.45) is 5.10. The lowest BCUT2D eigenvalue weighted by atomic mass is 10.0. The van der Waals surface area contributed by atoms with E-state index < -0.39 is 11.9 Å². The van der Waals surface area contributed by atoms with Crippen molar-refractivity contribution in [3.8, 4) is 0 Å². The number of nitrogens with zero attached hydrogens (tertiary/aromatic N) is 4. The summed E-state index contributed by atoms with van der Waals surface area (Å²) >= 11 is 0. The number of hydrogen-bond acceptors (Lipinski definition) is 4. The van der Waals surface area contributed by atoms with Gasteiger partial charge in [-0.25, -0.2) is 9.37 Å². The molecule has 3 rings (SSSR count). The van der Waals surface area contributed by atoms with E-state index in [4.69, 9.17) is 5.73 Å². The van der Waals surface area contributed by atoms with E-state index in [1.807, 2.05) is 0 Å². The zero-order valence-electron chi connectivity index (χ0n) is 12.1. The van der Waals surface area contributed by atoms with E-state index in [9.17, 15) is 9.18 Å². The number of amides is 1. The van der Waals surface area contributed by atoms with Crippen molar-refractivity contribution in [1.82, 2.24) is 19.7 Å². The Balaban J connectivity index is 1.83. The van der Waals surface area contributed by atoms with Crippen LogP contribution in [-0.4, -0.2) is 38.2 Å². The Labute approximate surface area is 127 Å². The Bertz CT molecular complexity index is 628. The second-order valence-corrected chi connectivity index (χ2v) is 5.51. The molecular formula is C15H18FN5O. The summed E-state index contributed by atoms with van der Waals surface area (Å²) in [5.41, 5.74) is 6.33. The molecule has 116 valence electrons. The van der Waals surface area contributed by atoms with Crippen LogP contribution in [0.2, 0.25) is 0 Å². The molecule has 1 amide bonds. The van der Waals surface area contributed by atoms with Gasteiger partial charge in [0, 0.05) is 6.04 Å². The van der Waals surface area contributed by atoms with Crippen molar-refractivity contribution < 1.29 is 9.18 Å². The molecule has 0 spiro atoms. The smallest absolute Gasteiger partial charge is 0.239 e. The van der Waals surface area contributed by atoms with Crippen LogP contribution >= 0.6 is 0 Å². The van der Waals surface area contributed by atoms with E-state index in [1.165, 1.54) is 18.5 Å². The van der Waals surface area contributed by atoms with Crippen LogP contribution in [0.15, 0.2) is 36.9 Å². The minimum atomic E-state index is -0.545. The van der Waals surface area contributed by atoms with Crippen molar-refractivity contribution in [3.05, 3.63) is 48.3 Å². The van der Waals surface area contributed by atoms with Crippen LogP contribution in [0.1, 0.15) is 24.4 Å². The topological polar surface area (TPSA) is 77.0 Å². The highest BCUT2D eigenvalue weighted by Gasteiger charge is 2.35. The third kappa shape index (κ3) is 2.99. The summed E-state index contributed by atoms with van der Waals surface area (Å²) in [4.78, 5) is 18.0. The molecule has 0 radical (unpaired) electrons. The van der Waals surface area contributed by atoms with Crippen molar-refractivity contribution in [3.63, 3.8) is 0 Å². The van der Waals surface area contributed by atoms with Gasteiger partial charge in [-0.05, 0) is 37.1 Å². The van der Waals surface area contributed by atoms with E-state index >= 15 is 0 Å². The van der Waals surface area contributed by atoms with Gasteiger partial charge in [0.25, 0.3) is 0 Å². The second kappa shape index (κ2) is 6.23. The highest BCUT2D eigenvalue weighted by atomic mass is 19.1. The quantitative estimate of drug-likeness (QED) is 0.897. The fraction of sp³-hybridized carbons (Fsp3) is 0.400. The van der Waals surface area contributed by atoms with Crippen LogP contribution in [0.3, 0.4) is 0 Å². The number of likely N-dealkylation sites (tertiary alicyclic amines) is 1. The number of rotatable bonds is 5. The van der Waals surface area contributed by atoms with Gasteiger partial charge in [-0.2, -0.15) is 5.10 Å². The zero-order chi connectivity index (χ0) is 15.5. The number of benzene rings is 1. The van der Waals surface area contributed by atoms with Gasteiger partial charge in [0.2, 0.25) is 5.91 Å². The van der Waals surface area contributed by atoms with Crippen LogP contribution in [0.4, 0.5) is 4.39 Å². The van der Waals surface area contributed by atoms with Gasteiger partial charge in [0.05, 0.1) is 6.54 Å². The summed E-state index contributed by atoms with van der Waals surface area (Å²) in [7, 11) is 0. The van der Waals surface area contributed by atoms with Gasteiger partial charge in [-0.3, -0.25) is 14.4 Å². The Morgan fingerprint density at radius 2 is 2.18 bits per heavy atom. The number of carbonyl (C=O) groups excluding carboxylic acids is 1. The first-order valence-corrected chi connectivity index (χ1v) is 7.28. The van der Waals surface area contributed by atoms with E-state index in [0.29, 0.717) is 6.54 Å². The van der Waals surface area contributed by atoms with E-state index in [2.05, 4.69) is 15.0 Å². The Morgan fingerprint density at radius 1 is 1.41 bits per heavy atom. The molecule has 2 aromatic rings. The average molecular weight is 303 g/mol. The van der Waals surface area contributed by atoms with Crippen LogP contribution in [0, 0.1) is 5.82 Å². The SMILES string of the molecule is NC(=O)[C@H](c1ccc(F)cc1)N1CCC[C@H]1Cn1cncn1. The van der Waals surface area contributed by atoms with Crippen LogP contribution in [0.5, 0.6) is 0 Å². The summed E-state index contributed by atoms with van der Waals surface area (Å²) in [6, 6.07) is 5.56.